The van der Waals surface area contributed by atoms with Gasteiger partial charge in [-0.25, -0.2) is 4.79 Å². The summed E-state index contributed by atoms with van der Waals surface area (Å²) < 4.78 is 10.2. The van der Waals surface area contributed by atoms with Crippen LogP contribution in [-0.2, 0) is 25.7 Å². The van der Waals surface area contributed by atoms with E-state index in [1.807, 2.05) is 30.3 Å². The zero-order valence-corrected chi connectivity index (χ0v) is 14.2. The van der Waals surface area contributed by atoms with Gasteiger partial charge in [0.05, 0.1) is 0 Å². The van der Waals surface area contributed by atoms with Crippen LogP contribution in [0.4, 0.5) is 4.79 Å². The molecule has 132 valence electrons. The lowest BCUT2D eigenvalue weighted by atomic mass is 10.1. The molecule has 0 aliphatic heterocycles. The minimum Gasteiger partial charge on any atom is -0.461 e. The van der Waals surface area contributed by atoms with Crippen LogP contribution in [0.15, 0.2) is 30.3 Å². The van der Waals surface area contributed by atoms with E-state index in [1.165, 1.54) is 0 Å². The third kappa shape index (κ3) is 8.17. The average molecular weight is 336 g/mol. The van der Waals surface area contributed by atoms with Crippen molar-refractivity contribution in [2.24, 2.45) is 5.73 Å². The quantitative estimate of drug-likeness (QED) is 0.739. The third-order valence-electron chi connectivity index (χ3n) is 2.91. The maximum Gasteiger partial charge on any atom is 0.408 e. The Kier molecular flexibility index (Phi) is 7.23. The number of ether oxygens (including phenoxy) is 2. The highest BCUT2D eigenvalue weighted by molar-refractivity contribution is 5.84. The summed E-state index contributed by atoms with van der Waals surface area (Å²) in [6, 6.07) is 8.23. The van der Waals surface area contributed by atoms with Crippen molar-refractivity contribution >= 4 is 18.0 Å². The van der Waals surface area contributed by atoms with Gasteiger partial charge in [-0.2, -0.15) is 0 Å². The van der Waals surface area contributed by atoms with E-state index in [1.54, 1.807) is 20.8 Å². The van der Waals surface area contributed by atoms with Gasteiger partial charge in [-0.05, 0) is 32.8 Å². The minimum absolute atomic E-state index is 0.0438. The molecular weight excluding hydrogens is 312 g/mol. The van der Waals surface area contributed by atoms with Gasteiger partial charge in [0, 0.05) is 6.42 Å². The summed E-state index contributed by atoms with van der Waals surface area (Å²) in [7, 11) is 0. The Labute approximate surface area is 141 Å². The van der Waals surface area contributed by atoms with Crippen LogP contribution in [0.5, 0.6) is 0 Å². The summed E-state index contributed by atoms with van der Waals surface area (Å²) in [5, 5.41) is 2.36. The number of hydrogen-bond donors (Lipinski definition) is 2. The van der Waals surface area contributed by atoms with Gasteiger partial charge in [0.25, 0.3) is 0 Å². The second-order valence-corrected chi connectivity index (χ2v) is 6.29. The maximum absolute atomic E-state index is 11.7. The zero-order chi connectivity index (χ0) is 18.2. The summed E-state index contributed by atoms with van der Waals surface area (Å²) in [6.45, 7) is 5.26. The van der Waals surface area contributed by atoms with Gasteiger partial charge in [0.2, 0.25) is 5.91 Å². The van der Waals surface area contributed by atoms with E-state index in [-0.39, 0.29) is 19.4 Å². The van der Waals surface area contributed by atoms with Crippen molar-refractivity contribution in [1.29, 1.82) is 0 Å². The predicted octanol–water partition coefficient (Wildman–Crippen LogP) is 1.89. The molecule has 0 aromatic heterocycles. The van der Waals surface area contributed by atoms with Crippen LogP contribution in [0.3, 0.4) is 0 Å². The lowest BCUT2D eigenvalue weighted by Crippen LogP contribution is -2.46. The van der Waals surface area contributed by atoms with Crippen LogP contribution in [-0.4, -0.2) is 29.6 Å². The van der Waals surface area contributed by atoms with Gasteiger partial charge >= 0.3 is 12.1 Å². The summed E-state index contributed by atoms with van der Waals surface area (Å²) in [4.78, 5) is 34.8. The summed E-state index contributed by atoms with van der Waals surface area (Å²) in [5.41, 5.74) is 5.41. The number of carbonyl (C=O) groups is 3. The van der Waals surface area contributed by atoms with E-state index in [4.69, 9.17) is 15.2 Å². The van der Waals surface area contributed by atoms with Crippen molar-refractivity contribution in [1.82, 2.24) is 5.32 Å². The van der Waals surface area contributed by atoms with Gasteiger partial charge in [-0.3, -0.25) is 9.59 Å². The zero-order valence-electron chi connectivity index (χ0n) is 14.2. The van der Waals surface area contributed by atoms with Crippen LogP contribution in [0, 0.1) is 0 Å². The summed E-state index contributed by atoms with van der Waals surface area (Å²) in [6.07, 6.45) is -0.762. The number of esters is 1. The highest BCUT2D eigenvalue weighted by Gasteiger charge is 2.23. The Bertz CT molecular complexity index is 566. The number of nitrogens with two attached hydrogens (primary N) is 1. The van der Waals surface area contributed by atoms with E-state index < -0.39 is 29.6 Å². The monoisotopic (exact) mass is 336 g/mol. The fourth-order valence-corrected chi connectivity index (χ4v) is 1.81. The first kappa shape index (κ1) is 19.5. The molecule has 0 aliphatic rings. The molecule has 1 aromatic carbocycles. The SMILES string of the molecule is CC(C)(C)OC(=O)N[C@@H](CCC(=O)OCc1ccccc1)C(N)=O. The van der Waals surface area contributed by atoms with Crippen molar-refractivity contribution in [3.05, 3.63) is 35.9 Å². The van der Waals surface area contributed by atoms with Gasteiger partial charge in [-0.1, -0.05) is 30.3 Å². The van der Waals surface area contributed by atoms with Crippen LogP contribution in [0.1, 0.15) is 39.2 Å². The molecule has 2 amide bonds. The van der Waals surface area contributed by atoms with Crippen molar-refractivity contribution < 1.29 is 23.9 Å². The van der Waals surface area contributed by atoms with Crippen molar-refractivity contribution in [3.8, 4) is 0 Å². The van der Waals surface area contributed by atoms with Crippen LogP contribution in [0.25, 0.3) is 0 Å². The van der Waals surface area contributed by atoms with E-state index in [0.29, 0.717) is 0 Å². The smallest absolute Gasteiger partial charge is 0.408 e. The van der Waals surface area contributed by atoms with Gasteiger partial charge in [0.1, 0.15) is 18.2 Å². The first-order valence-corrected chi connectivity index (χ1v) is 7.66. The Hall–Kier alpha value is -2.57. The Balaban J connectivity index is 2.41. The molecule has 1 rings (SSSR count). The molecule has 7 nitrogen and oxygen atoms in total. The second kappa shape index (κ2) is 8.90. The molecule has 0 aliphatic carbocycles. The van der Waals surface area contributed by atoms with Crippen molar-refractivity contribution in [2.75, 3.05) is 0 Å². The molecule has 1 atom stereocenters. The number of benzene rings is 1. The number of hydrogen-bond acceptors (Lipinski definition) is 5. The second-order valence-electron chi connectivity index (χ2n) is 6.29. The molecule has 0 saturated carbocycles. The van der Waals surface area contributed by atoms with E-state index >= 15 is 0 Å². The topological polar surface area (TPSA) is 108 Å². The number of carbonyl (C=O) groups excluding carboxylic acids is 3. The van der Waals surface area contributed by atoms with Crippen LogP contribution < -0.4 is 11.1 Å². The average Bonchev–Trinajstić information content (AvgIpc) is 2.48. The van der Waals surface area contributed by atoms with Gasteiger partial charge < -0.3 is 20.5 Å². The number of rotatable bonds is 7. The molecule has 7 heteroatoms. The third-order valence-corrected chi connectivity index (χ3v) is 2.91. The number of amides is 2. The molecule has 3 N–H and O–H groups in total. The van der Waals surface area contributed by atoms with Crippen molar-refractivity contribution in [3.63, 3.8) is 0 Å². The number of nitrogens with one attached hydrogen (secondary N) is 1. The Morgan fingerprint density at radius 3 is 2.33 bits per heavy atom. The molecular formula is C17H24N2O5. The largest absolute Gasteiger partial charge is 0.461 e. The van der Waals surface area contributed by atoms with Crippen molar-refractivity contribution in [2.45, 2.75) is 51.9 Å². The van der Waals surface area contributed by atoms with E-state index in [0.717, 1.165) is 5.56 Å². The normalized spacial score (nSPS) is 12.1. The molecule has 0 saturated heterocycles. The van der Waals surface area contributed by atoms with Gasteiger partial charge in [-0.15, -0.1) is 0 Å². The fraction of sp³-hybridized carbons (Fsp3) is 0.471. The van der Waals surface area contributed by atoms with Crippen LogP contribution >= 0.6 is 0 Å². The van der Waals surface area contributed by atoms with Crippen LogP contribution in [0.2, 0.25) is 0 Å². The predicted molar refractivity (Wildman–Crippen MR) is 87.8 cm³/mol. The maximum atomic E-state index is 11.7. The first-order valence-electron chi connectivity index (χ1n) is 7.66. The Morgan fingerprint density at radius 1 is 1.17 bits per heavy atom. The highest BCUT2D eigenvalue weighted by atomic mass is 16.6. The molecule has 0 unspecified atom stereocenters. The molecule has 1 aromatic rings. The molecule has 0 fully saturated rings. The molecule has 0 bridgehead atoms. The number of alkyl carbamates (subject to hydrolysis) is 1. The van der Waals surface area contributed by atoms with E-state index in [2.05, 4.69) is 5.32 Å². The lowest BCUT2D eigenvalue weighted by Gasteiger charge is -2.22. The minimum atomic E-state index is -0.996. The summed E-state index contributed by atoms with van der Waals surface area (Å²) >= 11 is 0. The first-order chi connectivity index (χ1) is 11.2. The Morgan fingerprint density at radius 2 is 1.79 bits per heavy atom. The lowest BCUT2D eigenvalue weighted by molar-refractivity contribution is -0.145. The fourth-order valence-electron chi connectivity index (χ4n) is 1.81. The molecule has 0 radical (unpaired) electrons. The highest BCUT2D eigenvalue weighted by Crippen LogP contribution is 2.08. The molecule has 24 heavy (non-hydrogen) atoms. The standard InChI is InChI=1S/C17H24N2O5/c1-17(2,3)24-16(22)19-13(15(18)21)9-10-14(20)23-11-12-7-5-4-6-8-12/h4-8,13H,9-11H2,1-3H3,(H2,18,21)(H,19,22)/t13-/m0/s1. The van der Waals surface area contributed by atoms with Gasteiger partial charge in [0.15, 0.2) is 0 Å². The summed E-state index contributed by atoms with van der Waals surface area (Å²) in [5.74, 6) is -1.21. The molecule has 0 heterocycles. The number of primary amides is 1. The molecule has 0 spiro atoms. The van der Waals surface area contributed by atoms with E-state index in [9.17, 15) is 14.4 Å².